The minimum atomic E-state index is -0.00799. The van der Waals surface area contributed by atoms with Gasteiger partial charge in [0.15, 0.2) is 0 Å². The highest BCUT2D eigenvalue weighted by Crippen LogP contribution is 2.35. The molecule has 30 heavy (non-hydrogen) atoms. The average molecular weight is 436 g/mol. The Morgan fingerprint density at radius 2 is 1.60 bits per heavy atom. The van der Waals surface area contributed by atoms with Crippen molar-refractivity contribution in [2.24, 2.45) is 0 Å². The molecule has 5 rings (SSSR count). The molecule has 1 aromatic heterocycles. The molecular formula is C24H19Cl2N3O. The fourth-order valence-electron chi connectivity index (χ4n) is 4.15. The number of amides is 1. The van der Waals surface area contributed by atoms with Crippen molar-refractivity contribution in [2.45, 2.75) is 18.9 Å². The van der Waals surface area contributed by atoms with E-state index in [-0.39, 0.29) is 11.8 Å². The Morgan fingerprint density at radius 1 is 0.900 bits per heavy atom. The zero-order valence-corrected chi connectivity index (χ0v) is 17.6. The Hall–Kier alpha value is -2.82. The molecule has 1 aliphatic heterocycles. The number of carbonyl (C=O) groups is 1. The van der Waals surface area contributed by atoms with Crippen molar-refractivity contribution in [3.63, 3.8) is 0 Å². The van der Waals surface area contributed by atoms with Gasteiger partial charge in [0.05, 0.1) is 17.6 Å². The highest BCUT2D eigenvalue weighted by atomic mass is 35.5. The molecule has 1 saturated heterocycles. The van der Waals surface area contributed by atoms with Crippen LogP contribution in [0.3, 0.4) is 0 Å². The third-order valence-corrected chi connectivity index (χ3v) is 6.33. The smallest absolute Gasteiger partial charge is 0.227 e. The maximum Gasteiger partial charge on any atom is 0.227 e. The number of halogens is 2. The summed E-state index contributed by atoms with van der Waals surface area (Å²) in [5.74, 6) is 0.992. The number of carbonyl (C=O) groups excluding carboxylic acids is 1. The minimum Gasteiger partial charge on any atom is -0.323 e. The second kappa shape index (κ2) is 7.78. The van der Waals surface area contributed by atoms with Gasteiger partial charge in [-0.25, -0.2) is 4.98 Å². The summed E-state index contributed by atoms with van der Waals surface area (Å²) in [4.78, 5) is 19.6. The van der Waals surface area contributed by atoms with E-state index in [1.54, 1.807) is 0 Å². The first-order chi connectivity index (χ1) is 14.6. The molecule has 1 atom stereocenters. The van der Waals surface area contributed by atoms with Crippen LogP contribution in [0.15, 0.2) is 72.8 Å². The van der Waals surface area contributed by atoms with Crippen LogP contribution in [0.2, 0.25) is 10.0 Å². The van der Waals surface area contributed by atoms with Gasteiger partial charge in [0.1, 0.15) is 5.82 Å². The summed E-state index contributed by atoms with van der Waals surface area (Å²) in [6.45, 7) is 1.10. The first-order valence-corrected chi connectivity index (χ1v) is 10.6. The summed E-state index contributed by atoms with van der Waals surface area (Å²) < 4.78 is 2.15. The zero-order valence-electron chi connectivity index (χ0n) is 16.1. The number of hydrogen-bond donors (Lipinski definition) is 0. The number of benzene rings is 3. The first kappa shape index (κ1) is 19.2. The van der Waals surface area contributed by atoms with Gasteiger partial charge >= 0.3 is 0 Å². The molecule has 4 aromatic rings. The largest absolute Gasteiger partial charge is 0.323 e. The molecule has 2 heterocycles. The zero-order chi connectivity index (χ0) is 20.7. The van der Waals surface area contributed by atoms with E-state index in [1.807, 2.05) is 77.7 Å². The van der Waals surface area contributed by atoms with Crippen molar-refractivity contribution in [3.8, 4) is 0 Å². The molecule has 0 N–H and O–H groups in total. The number of anilines is 1. The maximum atomic E-state index is 12.8. The molecule has 0 bridgehead atoms. The molecule has 0 unspecified atom stereocenters. The number of rotatable bonds is 4. The molecule has 1 fully saturated rings. The summed E-state index contributed by atoms with van der Waals surface area (Å²) in [5.41, 5.74) is 3.69. The van der Waals surface area contributed by atoms with Crippen LogP contribution in [0.1, 0.15) is 23.7 Å². The average Bonchev–Trinajstić information content (AvgIpc) is 3.32. The number of para-hydroxylation sites is 3. The van der Waals surface area contributed by atoms with Gasteiger partial charge in [0.2, 0.25) is 5.91 Å². The Labute approximate surface area is 184 Å². The number of hydrogen-bond acceptors (Lipinski definition) is 2. The van der Waals surface area contributed by atoms with Crippen LogP contribution >= 0.6 is 23.2 Å². The lowest BCUT2D eigenvalue weighted by atomic mass is 10.1. The predicted molar refractivity (Wildman–Crippen MR) is 121 cm³/mol. The monoisotopic (exact) mass is 435 g/mol. The van der Waals surface area contributed by atoms with E-state index >= 15 is 0 Å². The SMILES string of the molecule is O=C1C[C@@H](c2nc3ccccc3n2Cc2c(Cl)cccc2Cl)CN1c1ccccc1. The minimum absolute atomic E-state index is 0.00799. The second-order valence-electron chi connectivity index (χ2n) is 7.49. The lowest BCUT2D eigenvalue weighted by molar-refractivity contribution is -0.117. The molecule has 4 nitrogen and oxygen atoms in total. The van der Waals surface area contributed by atoms with Gasteiger partial charge in [0.25, 0.3) is 0 Å². The lowest BCUT2D eigenvalue weighted by Gasteiger charge is -2.18. The van der Waals surface area contributed by atoms with Crippen LogP contribution in [0.4, 0.5) is 5.69 Å². The van der Waals surface area contributed by atoms with Gasteiger partial charge < -0.3 is 9.47 Å². The molecule has 0 spiro atoms. The van der Waals surface area contributed by atoms with Gasteiger partial charge in [-0.15, -0.1) is 0 Å². The van der Waals surface area contributed by atoms with E-state index in [2.05, 4.69) is 4.57 Å². The molecule has 0 radical (unpaired) electrons. The van der Waals surface area contributed by atoms with Crippen molar-refractivity contribution in [2.75, 3.05) is 11.4 Å². The topological polar surface area (TPSA) is 38.1 Å². The Morgan fingerprint density at radius 3 is 2.37 bits per heavy atom. The third kappa shape index (κ3) is 3.36. The standard InChI is InChI=1S/C24H19Cl2N3O/c25-19-9-6-10-20(26)18(19)15-29-22-12-5-4-11-21(22)27-24(29)16-13-23(30)28(14-16)17-7-2-1-3-8-17/h1-12,16H,13-15H2/t16-/m1/s1. The van der Waals surface area contributed by atoms with Crippen LogP contribution in [0.25, 0.3) is 11.0 Å². The Balaban J connectivity index is 1.57. The molecule has 6 heteroatoms. The van der Waals surface area contributed by atoms with Gasteiger partial charge in [-0.3, -0.25) is 4.79 Å². The molecular weight excluding hydrogens is 417 g/mol. The molecule has 150 valence electrons. The van der Waals surface area contributed by atoms with E-state index < -0.39 is 0 Å². The fraction of sp³-hybridized carbons (Fsp3) is 0.167. The summed E-state index contributed by atoms with van der Waals surface area (Å²) in [7, 11) is 0. The van der Waals surface area contributed by atoms with Crippen LogP contribution in [0, 0.1) is 0 Å². The molecule has 3 aromatic carbocycles. The normalized spacial score (nSPS) is 16.5. The van der Waals surface area contributed by atoms with Crippen molar-refractivity contribution < 1.29 is 4.79 Å². The number of imidazole rings is 1. The summed E-state index contributed by atoms with van der Waals surface area (Å²) in [5, 5.41) is 1.25. The predicted octanol–water partition coefficient (Wildman–Crippen LogP) is 5.91. The van der Waals surface area contributed by atoms with Crippen LogP contribution in [0.5, 0.6) is 0 Å². The molecule has 0 aliphatic carbocycles. The Bertz CT molecular complexity index is 1220. The maximum absolute atomic E-state index is 12.8. The van der Waals surface area contributed by atoms with E-state index in [9.17, 15) is 4.79 Å². The lowest BCUT2D eigenvalue weighted by Crippen LogP contribution is -2.24. The fourth-order valence-corrected chi connectivity index (χ4v) is 4.67. The van der Waals surface area contributed by atoms with Gasteiger partial charge in [-0.1, -0.05) is 59.6 Å². The van der Waals surface area contributed by atoms with Crippen molar-refractivity contribution in [1.82, 2.24) is 9.55 Å². The second-order valence-corrected chi connectivity index (χ2v) is 8.30. The van der Waals surface area contributed by atoms with E-state index in [4.69, 9.17) is 28.2 Å². The quantitative estimate of drug-likeness (QED) is 0.399. The summed E-state index contributed by atoms with van der Waals surface area (Å²) in [6, 6.07) is 23.3. The Kier molecular flexibility index (Phi) is 4.97. The van der Waals surface area contributed by atoms with E-state index in [0.717, 1.165) is 28.1 Å². The highest BCUT2D eigenvalue weighted by Gasteiger charge is 2.35. The number of nitrogens with zero attached hydrogens (tertiary/aromatic N) is 3. The van der Waals surface area contributed by atoms with Gasteiger partial charge in [0, 0.05) is 40.2 Å². The van der Waals surface area contributed by atoms with E-state index in [0.29, 0.717) is 29.6 Å². The van der Waals surface area contributed by atoms with Gasteiger partial charge in [-0.2, -0.15) is 0 Å². The van der Waals surface area contributed by atoms with Crippen LogP contribution in [-0.4, -0.2) is 22.0 Å². The number of aromatic nitrogens is 2. The van der Waals surface area contributed by atoms with Crippen molar-refractivity contribution >= 4 is 45.8 Å². The third-order valence-electron chi connectivity index (χ3n) is 5.62. The number of fused-ring (bicyclic) bond motifs is 1. The molecule has 0 saturated carbocycles. The van der Waals surface area contributed by atoms with E-state index in [1.165, 1.54) is 0 Å². The van der Waals surface area contributed by atoms with Crippen LogP contribution in [-0.2, 0) is 11.3 Å². The molecule has 1 aliphatic rings. The highest BCUT2D eigenvalue weighted by molar-refractivity contribution is 6.36. The van der Waals surface area contributed by atoms with Crippen molar-refractivity contribution in [1.29, 1.82) is 0 Å². The van der Waals surface area contributed by atoms with Crippen LogP contribution < -0.4 is 4.90 Å². The van der Waals surface area contributed by atoms with Crippen molar-refractivity contribution in [3.05, 3.63) is 94.2 Å². The first-order valence-electron chi connectivity index (χ1n) is 9.85. The molecule has 1 amide bonds. The summed E-state index contributed by atoms with van der Waals surface area (Å²) in [6.07, 6.45) is 0.425. The summed E-state index contributed by atoms with van der Waals surface area (Å²) >= 11 is 12.9. The van der Waals surface area contributed by atoms with Gasteiger partial charge in [-0.05, 0) is 36.4 Å².